The fraction of sp³-hybridized carbons (Fsp3) is 0.385. The molecule has 2 aromatic rings. The maximum Gasteiger partial charge on any atom is 0.269 e. The summed E-state index contributed by atoms with van der Waals surface area (Å²) in [6, 6.07) is 0.941. The lowest BCUT2D eigenvalue weighted by Gasteiger charge is -2.27. The van der Waals surface area contributed by atoms with E-state index in [1.54, 1.807) is 11.9 Å². The monoisotopic (exact) mass is 409 g/mol. The molecule has 1 aromatic carbocycles. The molecule has 1 saturated heterocycles. The van der Waals surface area contributed by atoms with Crippen LogP contribution >= 0.6 is 23.1 Å². The smallest absolute Gasteiger partial charge is 0.269 e. The van der Waals surface area contributed by atoms with E-state index in [0.717, 1.165) is 36.9 Å². The number of hydrogen-bond donors (Lipinski definition) is 2. The minimum Gasteiger partial charge on any atom is -0.369 e. The summed E-state index contributed by atoms with van der Waals surface area (Å²) in [5, 5.41) is 2.59. The van der Waals surface area contributed by atoms with E-state index < -0.39 is 31.6 Å². The zero-order valence-electron chi connectivity index (χ0n) is 13.0. The van der Waals surface area contributed by atoms with Crippen LogP contribution in [-0.2, 0) is 10.0 Å². The average Bonchev–Trinajstić information content (AvgIpc) is 3.22. The molecule has 7 nitrogen and oxygen atoms in total. The van der Waals surface area contributed by atoms with Gasteiger partial charge in [0.05, 0.1) is 5.69 Å². The Balaban J connectivity index is 2.00. The van der Waals surface area contributed by atoms with Crippen molar-refractivity contribution in [3.63, 3.8) is 0 Å². The highest BCUT2D eigenvalue weighted by atomic mass is 35.5. The molecule has 0 bridgehead atoms. The Hall–Kier alpha value is -1.56. The highest BCUT2D eigenvalue weighted by Gasteiger charge is 2.31. The lowest BCUT2D eigenvalue weighted by Crippen LogP contribution is -2.34. The Bertz CT molecular complexity index is 873. The van der Waals surface area contributed by atoms with Crippen molar-refractivity contribution in [3.05, 3.63) is 29.1 Å². The molecule has 3 rings (SSSR count). The zero-order chi connectivity index (χ0) is 18.2. The van der Waals surface area contributed by atoms with Crippen LogP contribution in [0.4, 0.5) is 19.6 Å². The second-order valence-electron chi connectivity index (χ2n) is 5.44. The molecule has 0 radical (unpaired) electrons. The predicted molar refractivity (Wildman–Crippen MR) is 91.8 cm³/mol. The molecule has 0 spiro atoms. The van der Waals surface area contributed by atoms with Crippen molar-refractivity contribution in [2.75, 3.05) is 29.8 Å². The Kier molecular flexibility index (Phi) is 5.09. The maximum atomic E-state index is 14.6. The van der Waals surface area contributed by atoms with Crippen molar-refractivity contribution in [3.8, 4) is 0 Å². The van der Waals surface area contributed by atoms with Crippen LogP contribution in [0.15, 0.2) is 17.3 Å². The third-order valence-electron chi connectivity index (χ3n) is 3.91. The van der Waals surface area contributed by atoms with Crippen molar-refractivity contribution in [2.24, 2.45) is 0 Å². The summed E-state index contributed by atoms with van der Waals surface area (Å²) in [6.45, 7) is 1.44. The van der Waals surface area contributed by atoms with Gasteiger partial charge in [-0.15, -0.1) is 0 Å². The van der Waals surface area contributed by atoms with Crippen LogP contribution in [0.25, 0.3) is 0 Å². The van der Waals surface area contributed by atoms with Gasteiger partial charge in [-0.1, -0.05) is 11.6 Å². The molecule has 2 heterocycles. The minimum absolute atomic E-state index is 0.0123. The molecule has 1 aliphatic heterocycles. The van der Waals surface area contributed by atoms with Gasteiger partial charge in [-0.05, 0) is 13.0 Å². The molecule has 0 saturated carbocycles. The Labute approximate surface area is 152 Å². The molecule has 12 heteroatoms. The number of anilines is 2. The summed E-state index contributed by atoms with van der Waals surface area (Å²) in [7, 11) is -2.88. The topological polar surface area (TPSA) is 87.2 Å². The summed E-state index contributed by atoms with van der Waals surface area (Å²) >= 11 is 6.75. The summed E-state index contributed by atoms with van der Waals surface area (Å²) in [5.74, 6) is -2.57. The van der Waals surface area contributed by atoms with Gasteiger partial charge in [0, 0.05) is 37.2 Å². The molecule has 1 aromatic heterocycles. The first-order chi connectivity index (χ1) is 11.8. The first-order valence-electron chi connectivity index (χ1n) is 7.22. The second-order valence-corrected chi connectivity index (χ2v) is 8.22. The number of sulfonamides is 1. The van der Waals surface area contributed by atoms with E-state index in [1.807, 2.05) is 4.72 Å². The van der Waals surface area contributed by atoms with Crippen molar-refractivity contribution in [1.29, 1.82) is 0 Å². The first-order valence-corrected chi connectivity index (χ1v) is 9.85. The fourth-order valence-electron chi connectivity index (χ4n) is 2.62. The van der Waals surface area contributed by atoms with Crippen molar-refractivity contribution < 1.29 is 17.2 Å². The summed E-state index contributed by atoms with van der Waals surface area (Å²) < 4.78 is 59.3. The van der Waals surface area contributed by atoms with E-state index in [0.29, 0.717) is 6.54 Å². The van der Waals surface area contributed by atoms with Crippen LogP contribution in [-0.4, -0.2) is 44.0 Å². The van der Waals surface area contributed by atoms with Gasteiger partial charge in [0.1, 0.15) is 17.2 Å². The number of rotatable bonds is 5. The summed E-state index contributed by atoms with van der Waals surface area (Å²) in [6.07, 6.45) is 1.91. The third-order valence-corrected chi connectivity index (χ3v) is 6.35. The van der Waals surface area contributed by atoms with Gasteiger partial charge in [0.25, 0.3) is 10.0 Å². The standard InChI is InChI=1S/C13H14ClF2N5O2S2/c1-21(7-2-3-17-5-7)9-4-8(15)12(11(16)10(9)14)25(22,23)20-13-18-6-19-24-13/h4,6-7,17H,2-3,5H2,1H3,(H,18,19,20). The van der Waals surface area contributed by atoms with E-state index in [9.17, 15) is 17.2 Å². The van der Waals surface area contributed by atoms with Crippen LogP contribution in [0.2, 0.25) is 5.02 Å². The first kappa shape index (κ1) is 18.2. The summed E-state index contributed by atoms with van der Waals surface area (Å²) in [4.78, 5) is 4.13. The minimum atomic E-state index is -4.54. The van der Waals surface area contributed by atoms with E-state index >= 15 is 0 Å². The van der Waals surface area contributed by atoms with E-state index in [2.05, 4.69) is 14.7 Å². The van der Waals surface area contributed by atoms with Gasteiger partial charge in [-0.25, -0.2) is 22.2 Å². The molecular formula is C13H14ClF2N5O2S2. The zero-order valence-corrected chi connectivity index (χ0v) is 15.4. The number of likely N-dealkylation sites (N-methyl/N-ethyl adjacent to an activating group) is 1. The number of nitrogens with zero attached hydrogens (tertiary/aromatic N) is 3. The van der Waals surface area contributed by atoms with Gasteiger partial charge in [-0.2, -0.15) is 4.37 Å². The van der Waals surface area contributed by atoms with Crippen molar-refractivity contribution in [1.82, 2.24) is 14.7 Å². The number of hydrogen-bond acceptors (Lipinski definition) is 7. The number of halogens is 3. The molecule has 136 valence electrons. The van der Waals surface area contributed by atoms with Crippen molar-refractivity contribution in [2.45, 2.75) is 17.4 Å². The van der Waals surface area contributed by atoms with Gasteiger partial charge >= 0.3 is 0 Å². The molecule has 2 N–H and O–H groups in total. The quantitative estimate of drug-likeness (QED) is 0.735. The third kappa shape index (κ3) is 3.54. The Morgan fingerprint density at radius 1 is 1.48 bits per heavy atom. The molecule has 0 amide bonds. The van der Waals surface area contributed by atoms with Gasteiger partial charge < -0.3 is 10.2 Å². The lowest BCUT2D eigenvalue weighted by molar-refractivity contribution is 0.520. The van der Waals surface area contributed by atoms with Crippen LogP contribution < -0.4 is 14.9 Å². The second kappa shape index (κ2) is 6.98. The Morgan fingerprint density at radius 3 is 2.84 bits per heavy atom. The van der Waals surface area contributed by atoms with Crippen molar-refractivity contribution >= 4 is 44.0 Å². The van der Waals surface area contributed by atoms with Crippen LogP contribution in [0.3, 0.4) is 0 Å². The van der Waals surface area contributed by atoms with Crippen LogP contribution in [0.5, 0.6) is 0 Å². The molecule has 0 aliphatic carbocycles. The maximum absolute atomic E-state index is 14.6. The van der Waals surface area contributed by atoms with Gasteiger partial charge in [0.2, 0.25) is 5.13 Å². The van der Waals surface area contributed by atoms with Crippen LogP contribution in [0, 0.1) is 11.6 Å². The molecule has 1 atom stereocenters. The molecular weight excluding hydrogens is 396 g/mol. The fourth-order valence-corrected chi connectivity index (χ4v) is 4.76. The van der Waals surface area contributed by atoms with E-state index in [4.69, 9.17) is 11.6 Å². The van der Waals surface area contributed by atoms with Gasteiger partial charge in [-0.3, -0.25) is 4.72 Å². The van der Waals surface area contributed by atoms with E-state index in [-0.39, 0.29) is 16.9 Å². The van der Waals surface area contributed by atoms with Gasteiger partial charge in [0.15, 0.2) is 10.7 Å². The largest absolute Gasteiger partial charge is 0.369 e. The Morgan fingerprint density at radius 2 is 2.24 bits per heavy atom. The van der Waals surface area contributed by atoms with E-state index in [1.165, 1.54) is 0 Å². The average molecular weight is 410 g/mol. The molecule has 1 aliphatic rings. The number of benzene rings is 1. The van der Waals surface area contributed by atoms with Crippen LogP contribution in [0.1, 0.15) is 6.42 Å². The summed E-state index contributed by atoms with van der Waals surface area (Å²) in [5.41, 5.74) is 0.0974. The highest BCUT2D eigenvalue weighted by molar-refractivity contribution is 7.93. The number of nitrogens with one attached hydrogen (secondary N) is 2. The SMILES string of the molecule is CN(c1cc(F)c(S(=O)(=O)Nc2ncns2)c(F)c1Cl)C1CCNC1. The highest BCUT2D eigenvalue weighted by Crippen LogP contribution is 2.36. The predicted octanol–water partition coefficient (Wildman–Crippen LogP) is 2.07. The number of aromatic nitrogens is 2. The molecule has 25 heavy (non-hydrogen) atoms. The lowest BCUT2D eigenvalue weighted by atomic mass is 10.2. The molecule has 1 fully saturated rings. The molecule has 1 unspecified atom stereocenters. The normalized spacial score (nSPS) is 17.7.